The number of nitrogen functional groups attached to an aromatic ring is 1. The van der Waals surface area contributed by atoms with Crippen LogP contribution in [0.15, 0.2) is 17.0 Å². The molecule has 1 aromatic rings. The lowest BCUT2D eigenvalue weighted by Crippen LogP contribution is -2.41. The Hall–Kier alpha value is -0.780. The van der Waals surface area contributed by atoms with Gasteiger partial charge in [-0.05, 0) is 37.5 Å². The lowest BCUT2D eigenvalue weighted by Gasteiger charge is -2.34. The van der Waals surface area contributed by atoms with Gasteiger partial charge in [-0.15, -0.1) is 0 Å². The van der Waals surface area contributed by atoms with E-state index in [-0.39, 0.29) is 10.9 Å². The summed E-state index contributed by atoms with van der Waals surface area (Å²) in [7, 11) is -1.85. The Morgan fingerprint density at radius 3 is 2.50 bits per heavy atom. The number of nitrogens with two attached hydrogens (primary N) is 1. The highest BCUT2D eigenvalue weighted by Crippen LogP contribution is 2.32. The molecular weight excluding hydrogens is 272 g/mol. The summed E-state index contributed by atoms with van der Waals surface area (Å²) in [6, 6.07) is 3.16. The molecule has 1 fully saturated rings. The number of benzene rings is 1. The van der Waals surface area contributed by atoms with Crippen molar-refractivity contribution in [2.45, 2.75) is 37.1 Å². The highest BCUT2D eigenvalue weighted by atomic mass is 35.5. The van der Waals surface area contributed by atoms with E-state index in [1.165, 1.54) is 10.4 Å². The first-order chi connectivity index (χ1) is 8.34. The van der Waals surface area contributed by atoms with Crippen molar-refractivity contribution in [3.05, 3.63) is 22.7 Å². The molecule has 6 heteroatoms. The summed E-state index contributed by atoms with van der Waals surface area (Å²) in [5, 5.41) is 0.387. The van der Waals surface area contributed by atoms with E-state index in [0.29, 0.717) is 16.3 Å². The van der Waals surface area contributed by atoms with Crippen molar-refractivity contribution in [2.75, 3.05) is 12.8 Å². The highest BCUT2D eigenvalue weighted by molar-refractivity contribution is 7.89. The molecule has 0 bridgehead atoms. The fourth-order valence-corrected chi connectivity index (χ4v) is 3.92. The number of nitrogens with zero attached hydrogens (tertiary/aromatic N) is 1. The van der Waals surface area contributed by atoms with Crippen LogP contribution in [0.1, 0.15) is 24.8 Å². The zero-order chi connectivity index (χ0) is 13.5. The lowest BCUT2D eigenvalue weighted by atomic mass is 9.94. The van der Waals surface area contributed by atoms with E-state index >= 15 is 0 Å². The summed E-state index contributed by atoms with van der Waals surface area (Å²) in [4.78, 5) is 0.249. The van der Waals surface area contributed by atoms with Crippen LogP contribution in [0.2, 0.25) is 5.02 Å². The third kappa shape index (κ3) is 2.22. The molecule has 0 heterocycles. The van der Waals surface area contributed by atoms with Gasteiger partial charge in [-0.25, -0.2) is 8.42 Å². The molecule has 18 heavy (non-hydrogen) atoms. The molecule has 2 rings (SSSR count). The van der Waals surface area contributed by atoms with E-state index in [0.717, 1.165) is 19.3 Å². The van der Waals surface area contributed by atoms with Gasteiger partial charge in [-0.1, -0.05) is 18.0 Å². The third-order valence-electron chi connectivity index (χ3n) is 3.54. The molecular formula is C12H17ClN2O2S. The van der Waals surface area contributed by atoms with Crippen LogP contribution in [0.4, 0.5) is 5.69 Å². The molecule has 1 saturated carbocycles. The summed E-state index contributed by atoms with van der Waals surface area (Å²) < 4.78 is 26.4. The average Bonchev–Trinajstić information content (AvgIpc) is 2.20. The van der Waals surface area contributed by atoms with Crippen LogP contribution in [0.25, 0.3) is 0 Å². The minimum atomic E-state index is -3.47. The maximum atomic E-state index is 12.5. The van der Waals surface area contributed by atoms with E-state index in [1.54, 1.807) is 20.0 Å². The molecule has 1 aliphatic rings. The van der Waals surface area contributed by atoms with Gasteiger partial charge in [0, 0.05) is 13.1 Å². The summed E-state index contributed by atoms with van der Waals surface area (Å²) in [5.41, 5.74) is 6.61. The summed E-state index contributed by atoms with van der Waals surface area (Å²) in [6.07, 6.45) is 2.95. The van der Waals surface area contributed by atoms with Crippen molar-refractivity contribution >= 4 is 27.3 Å². The Morgan fingerprint density at radius 1 is 1.39 bits per heavy atom. The molecule has 0 saturated heterocycles. The Balaban J connectivity index is 2.43. The van der Waals surface area contributed by atoms with Gasteiger partial charge in [0.05, 0.1) is 15.6 Å². The van der Waals surface area contributed by atoms with Crippen molar-refractivity contribution in [3.8, 4) is 0 Å². The number of aryl methyl sites for hydroxylation is 1. The van der Waals surface area contributed by atoms with E-state index in [4.69, 9.17) is 17.3 Å². The smallest absolute Gasteiger partial charge is 0.243 e. The van der Waals surface area contributed by atoms with Crippen LogP contribution in [-0.4, -0.2) is 25.8 Å². The quantitative estimate of drug-likeness (QED) is 0.869. The largest absolute Gasteiger partial charge is 0.397 e. The van der Waals surface area contributed by atoms with Crippen molar-refractivity contribution in [2.24, 2.45) is 0 Å². The zero-order valence-corrected chi connectivity index (χ0v) is 12.1. The fraction of sp³-hybridized carbons (Fsp3) is 0.500. The molecule has 0 amide bonds. The van der Waals surface area contributed by atoms with Crippen LogP contribution < -0.4 is 5.73 Å². The molecule has 0 atom stereocenters. The van der Waals surface area contributed by atoms with Gasteiger partial charge < -0.3 is 5.73 Å². The maximum Gasteiger partial charge on any atom is 0.243 e. The molecule has 0 unspecified atom stereocenters. The topological polar surface area (TPSA) is 63.4 Å². The molecule has 0 aliphatic heterocycles. The van der Waals surface area contributed by atoms with Gasteiger partial charge in [0.15, 0.2) is 0 Å². The van der Waals surface area contributed by atoms with Crippen LogP contribution in [0, 0.1) is 6.92 Å². The van der Waals surface area contributed by atoms with Gasteiger partial charge in [0.1, 0.15) is 0 Å². The second kappa shape index (κ2) is 4.72. The number of hydrogen-bond acceptors (Lipinski definition) is 3. The first kappa shape index (κ1) is 13.6. The molecule has 1 aromatic carbocycles. The van der Waals surface area contributed by atoms with Crippen LogP contribution >= 0.6 is 11.6 Å². The van der Waals surface area contributed by atoms with Crippen LogP contribution in [0.3, 0.4) is 0 Å². The maximum absolute atomic E-state index is 12.5. The number of halogens is 1. The van der Waals surface area contributed by atoms with Crippen molar-refractivity contribution < 1.29 is 8.42 Å². The van der Waals surface area contributed by atoms with Crippen molar-refractivity contribution in [1.82, 2.24) is 4.31 Å². The van der Waals surface area contributed by atoms with Crippen LogP contribution in [0.5, 0.6) is 0 Å². The second-order valence-electron chi connectivity index (χ2n) is 4.75. The molecule has 0 radical (unpaired) electrons. The van der Waals surface area contributed by atoms with Crippen molar-refractivity contribution in [1.29, 1.82) is 0 Å². The lowest BCUT2D eigenvalue weighted by molar-refractivity contribution is 0.249. The standard InChI is InChI=1S/C12H17ClN2O2S/c1-8-6-10(13)11(14)7-12(8)18(16,17)15(2)9-4-3-5-9/h6-7,9H,3-5,14H2,1-2H3. The predicted molar refractivity (Wildman–Crippen MR) is 73.2 cm³/mol. The molecule has 4 nitrogen and oxygen atoms in total. The van der Waals surface area contributed by atoms with E-state index in [2.05, 4.69) is 0 Å². The molecule has 2 N–H and O–H groups in total. The monoisotopic (exact) mass is 288 g/mol. The normalized spacial score (nSPS) is 16.9. The third-order valence-corrected chi connectivity index (χ3v) is 5.92. The minimum Gasteiger partial charge on any atom is -0.397 e. The Labute approximate surface area is 113 Å². The fourth-order valence-electron chi connectivity index (χ4n) is 2.05. The predicted octanol–water partition coefficient (Wildman–Crippen LogP) is 2.40. The van der Waals surface area contributed by atoms with Gasteiger partial charge >= 0.3 is 0 Å². The van der Waals surface area contributed by atoms with Gasteiger partial charge in [0.2, 0.25) is 10.0 Å². The molecule has 0 spiro atoms. The Kier molecular flexibility index (Phi) is 3.58. The van der Waals surface area contributed by atoms with Crippen molar-refractivity contribution in [3.63, 3.8) is 0 Å². The first-order valence-electron chi connectivity index (χ1n) is 5.87. The SMILES string of the molecule is Cc1cc(Cl)c(N)cc1S(=O)(=O)N(C)C1CCC1. The molecule has 100 valence electrons. The van der Waals surface area contributed by atoms with Gasteiger partial charge in [-0.3, -0.25) is 0 Å². The number of sulfonamides is 1. The number of hydrogen-bond donors (Lipinski definition) is 1. The number of anilines is 1. The highest BCUT2D eigenvalue weighted by Gasteiger charge is 2.32. The Bertz CT molecular complexity index is 568. The summed E-state index contributed by atoms with van der Waals surface area (Å²) in [6.45, 7) is 1.73. The number of rotatable bonds is 3. The van der Waals surface area contributed by atoms with E-state index in [9.17, 15) is 8.42 Å². The van der Waals surface area contributed by atoms with E-state index in [1.807, 2.05) is 0 Å². The van der Waals surface area contributed by atoms with Gasteiger partial charge in [0.25, 0.3) is 0 Å². The molecule has 0 aromatic heterocycles. The average molecular weight is 289 g/mol. The van der Waals surface area contributed by atoms with Crippen LogP contribution in [-0.2, 0) is 10.0 Å². The Morgan fingerprint density at radius 2 is 2.00 bits per heavy atom. The van der Waals surface area contributed by atoms with Gasteiger partial charge in [-0.2, -0.15) is 4.31 Å². The summed E-state index contributed by atoms with van der Waals surface area (Å²) >= 11 is 5.88. The first-order valence-corrected chi connectivity index (χ1v) is 7.69. The minimum absolute atomic E-state index is 0.117. The summed E-state index contributed by atoms with van der Waals surface area (Å²) in [5.74, 6) is 0. The molecule has 1 aliphatic carbocycles. The zero-order valence-electron chi connectivity index (χ0n) is 10.5. The second-order valence-corrected chi connectivity index (χ2v) is 7.12. The van der Waals surface area contributed by atoms with E-state index < -0.39 is 10.0 Å².